The molecule has 1 aromatic rings. The van der Waals surface area contributed by atoms with Crippen LogP contribution in [0.4, 0.5) is 0 Å². The Morgan fingerprint density at radius 3 is 2.94 bits per heavy atom. The van der Waals surface area contributed by atoms with E-state index in [1.54, 1.807) is 7.11 Å². The predicted octanol–water partition coefficient (Wildman–Crippen LogP) is 0.538. The maximum atomic E-state index is 11.1. The fraction of sp³-hybridized carbons (Fsp3) is 0.417. The first kappa shape index (κ1) is 11.0. The van der Waals surface area contributed by atoms with Crippen LogP contribution in [-0.4, -0.2) is 19.1 Å². The van der Waals surface area contributed by atoms with Gasteiger partial charge in [-0.2, -0.15) is 0 Å². The van der Waals surface area contributed by atoms with Crippen molar-refractivity contribution in [2.24, 2.45) is 11.5 Å². The van der Waals surface area contributed by atoms with Crippen LogP contribution in [0.25, 0.3) is 0 Å². The number of hydrogen-bond donors (Lipinski definition) is 2. The maximum Gasteiger partial charge on any atom is 0.234 e. The van der Waals surface area contributed by atoms with E-state index in [1.807, 2.05) is 18.2 Å². The Balaban J connectivity index is 2.30. The average Bonchev–Trinajstić information content (AvgIpc) is 2.70. The van der Waals surface area contributed by atoms with Gasteiger partial charge in [-0.3, -0.25) is 4.79 Å². The number of carbonyl (C=O) groups is 1. The summed E-state index contributed by atoms with van der Waals surface area (Å²) < 4.78 is 5.16. The SMILES string of the molecule is COc1ccc2c(c1)CC[C@@H]2[C@H](N)C(N)=O. The monoisotopic (exact) mass is 220 g/mol. The third kappa shape index (κ3) is 1.76. The zero-order chi connectivity index (χ0) is 11.7. The number of amides is 1. The molecule has 0 saturated carbocycles. The summed E-state index contributed by atoms with van der Waals surface area (Å²) in [5.41, 5.74) is 13.4. The molecule has 4 heteroatoms. The molecule has 0 aliphatic heterocycles. The van der Waals surface area contributed by atoms with Crippen LogP contribution in [0.1, 0.15) is 23.5 Å². The van der Waals surface area contributed by atoms with Gasteiger partial charge in [0, 0.05) is 5.92 Å². The first-order valence-electron chi connectivity index (χ1n) is 5.35. The molecule has 2 atom stereocenters. The van der Waals surface area contributed by atoms with Crippen LogP contribution in [-0.2, 0) is 11.2 Å². The van der Waals surface area contributed by atoms with E-state index < -0.39 is 11.9 Å². The molecule has 4 nitrogen and oxygen atoms in total. The molecule has 0 aromatic heterocycles. The Labute approximate surface area is 94.6 Å². The molecule has 0 saturated heterocycles. The lowest BCUT2D eigenvalue weighted by molar-refractivity contribution is -0.119. The molecular weight excluding hydrogens is 204 g/mol. The first-order valence-corrected chi connectivity index (χ1v) is 5.35. The number of fused-ring (bicyclic) bond motifs is 1. The number of methoxy groups -OCH3 is 1. The van der Waals surface area contributed by atoms with Crippen molar-refractivity contribution >= 4 is 5.91 Å². The molecule has 0 unspecified atom stereocenters. The number of primary amides is 1. The summed E-state index contributed by atoms with van der Waals surface area (Å²) in [6, 6.07) is 5.29. The molecule has 1 aliphatic rings. The van der Waals surface area contributed by atoms with Crippen LogP contribution in [0, 0.1) is 0 Å². The minimum atomic E-state index is -0.588. The Hall–Kier alpha value is -1.55. The summed E-state index contributed by atoms with van der Waals surface area (Å²) in [5, 5.41) is 0. The number of benzene rings is 1. The molecule has 0 spiro atoms. The summed E-state index contributed by atoms with van der Waals surface area (Å²) in [7, 11) is 1.64. The van der Waals surface area contributed by atoms with Crippen molar-refractivity contribution in [1.29, 1.82) is 0 Å². The van der Waals surface area contributed by atoms with E-state index in [2.05, 4.69) is 0 Å². The number of aryl methyl sites for hydroxylation is 1. The fourth-order valence-corrected chi connectivity index (χ4v) is 2.33. The van der Waals surface area contributed by atoms with Gasteiger partial charge in [0.05, 0.1) is 13.2 Å². The van der Waals surface area contributed by atoms with E-state index in [-0.39, 0.29) is 5.92 Å². The standard InChI is InChI=1S/C12H16N2O2/c1-16-8-3-5-9-7(6-8)2-4-10(9)11(13)12(14)15/h3,5-6,10-11H,2,4,13H2,1H3,(H2,14,15)/t10-,11-/m0/s1. The molecule has 1 aromatic carbocycles. The number of ether oxygens (including phenoxy) is 1. The van der Waals surface area contributed by atoms with E-state index in [0.717, 1.165) is 24.2 Å². The van der Waals surface area contributed by atoms with Crippen LogP contribution >= 0.6 is 0 Å². The summed E-state index contributed by atoms with van der Waals surface area (Å²) in [5.74, 6) is 0.458. The second kappa shape index (κ2) is 4.14. The lowest BCUT2D eigenvalue weighted by atomic mass is 9.93. The van der Waals surface area contributed by atoms with Crippen LogP contribution in [0.15, 0.2) is 18.2 Å². The van der Waals surface area contributed by atoms with Crippen molar-refractivity contribution in [2.45, 2.75) is 24.8 Å². The molecule has 2 rings (SSSR count). The minimum absolute atomic E-state index is 0.0541. The van der Waals surface area contributed by atoms with Crippen LogP contribution in [0.2, 0.25) is 0 Å². The van der Waals surface area contributed by atoms with Crippen molar-refractivity contribution in [2.75, 3.05) is 7.11 Å². The number of hydrogen-bond acceptors (Lipinski definition) is 3. The van der Waals surface area contributed by atoms with Crippen molar-refractivity contribution in [3.8, 4) is 5.75 Å². The van der Waals surface area contributed by atoms with E-state index in [1.165, 1.54) is 5.56 Å². The van der Waals surface area contributed by atoms with Gasteiger partial charge in [0.1, 0.15) is 5.75 Å². The maximum absolute atomic E-state index is 11.1. The van der Waals surface area contributed by atoms with Gasteiger partial charge in [-0.1, -0.05) is 6.07 Å². The molecule has 1 amide bonds. The van der Waals surface area contributed by atoms with Gasteiger partial charge in [0.2, 0.25) is 5.91 Å². The Kier molecular flexibility index (Phi) is 2.83. The molecule has 0 heterocycles. The second-order valence-electron chi connectivity index (χ2n) is 4.14. The zero-order valence-electron chi connectivity index (χ0n) is 9.27. The fourth-order valence-electron chi connectivity index (χ4n) is 2.33. The van der Waals surface area contributed by atoms with Gasteiger partial charge in [0.15, 0.2) is 0 Å². The Morgan fingerprint density at radius 1 is 1.56 bits per heavy atom. The number of rotatable bonds is 3. The molecule has 1 aliphatic carbocycles. The highest BCUT2D eigenvalue weighted by molar-refractivity contribution is 5.81. The molecule has 0 fully saturated rings. The minimum Gasteiger partial charge on any atom is -0.497 e. The molecule has 0 radical (unpaired) electrons. The third-order valence-electron chi connectivity index (χ3n) is 3.24. The van der Waals surface area contributed by atoms with Crippen molar-refractivity contribution in [3.63, 3.8) is 0 Å². The topological polar surface area (TPSA) is 78.3 Å². The van der Waals surface area contributed by atoms with Gasteiger partial charge in [-0.25, -0.2) is 0 Å². The van der Waals surface area contributed by atoms with Crippen molar-refractivity contribution in [3.05, 3.63) is 29.3 Å². The lowest BCUT2D eigenvalue weighted by Gasteiger charge is -2.17. The molecule has 0 bridgehead atoms. The third-order valence-corrected chi connectivity index (χ3v) is 3.24. The average molecular weight is 220 g/mol. The highest BCUT2D eigenvalue weighted by atomic mass is 16.5. The van der Waals surface area contributed by atoms with Gasteiger partial charge in [-0.05, 0) is 36.1 Å². The van der Waals surface area contributed by atoms with Gasteiger partial charge in [0.25, 0.3) is 0 Å². The van der Waals surface area contributed by atoms with Gasteiger partial charge < -0.3 is 16.2 Å². The summed E-state index contributed by atoms with van der Waals surface area (Å²) in [6.07, 6.45) is 1.81. The van der Waals surface area contributed by atoms with Crippen molar-refractivity contribution < 1.29 is 9.53 Å². The normalized spacial score (nSPS) is 20.2. The Bertz CT molecular complexity index is 417. The smallest absolute Gasteiger partial charge is 0.234 e. The second-order valence-corrected chi connectivity index (χ2v) is 4.14. The van der Waals surface area contributed by atoms with Crippen LogP contribution in [0.5, 0.6) is 5.75 Å². The van der Waals surface area contributed by atoms with E-state index >= 15 is 0 Å². The molecule has 86 valence electrons. The molecular formula is C12H16N2O2. The first-order chi connectivity index (χ1) is 7.63. The van der Waals surface area contributed by atoms with Gasteiger partial charge in [-0.15, -0.1) is 0 Å². The van der Waals surface area contributed by atoms with Crippen molar-refractivity contribution in [1.82, 2.24) is 0 Å². The summed E-state index contributed by atoms with van der Waals surface area (Å²) in [6.45, 7) is 0. The number of nitrogens with two attached hydrogens (primary N) is 2. The molecule has 4 N–H and O–H groups in total. The zero-order valence-corrected chi connectivity index (χ0v) is 9.27. The van der Waals surface area contributed by atoms with Crippen LogP contribution in [0.3, 0.4) is 0 Å². The summed E-state index contributed by atoms with van der Waals surface area (Å²) in [4.78, 5) is 11.1. The van der Waals surface area contributed by atoms with E-state index in [4.69, 9.17) is 16.2 Å². The quantitative estimate of drug-likeness (QED) is 0.780. The predicted molar refractivity (Wildman–Crippen MR) is 61.2 cm³/mol. The highest BCUT2D eigenvalue weighted by Gasteiger charge is 2.30. The summed E-state index contributed by atoms with van der Waals surface area (Å²) >= 11 is 0. The lowest BCUT2D eigenvalue weighted by Crippen LogP contribution is -2.40. The number of carbonyl (C=O) groups excluding carboxylic acids is 1. The molecule has 16 heavy (non-hydrogen) atoms. The van der Waals surface area contributed by atoms with E-state index in [0.29, 0.717) is 0 Å². The Morgan fingerprint density at radius 2 is 2.31 bits per heavy atom. The van der Waals surface area contributed by atoms with E-state index in [9.17, 15) is 4.79 Å². The largest absolute Gasteiger partial charge is 0.497 e. The van der Waals surface area contributed by atoms with Crippen LogP contribution < -0.4 is 16.2 Å². The highest BCUT2D eigenvalue weighted by Crippen LogP contribution is 2.36. The van der Waals surface area contributed by atoms with Gasteiger partial charge >= 0.3 is 0 Å².